The summed E-state index contributed by atoms with van der Waals surface area (Å²) in [5, 5.41) is 1.99. The molecule has 0 aliphatic carbocycles. The predicted octanol–water partition coefficient (Wildman–Crippen LogP) is 7.92. The Morgan fingerprint density at radius 3 is 1.68 bits per heavy atom. The summed E-state index contributed by atoms with van der Waals surface area (Å²) in [5.41, 5.74) is 7.79. The van der Waals surface area contributed by atoms with Crippen LogP contribution in [0.4, 0.5) is 5.82 Å². The largest absolute Gasteiger partial charge is 0.384 e. The van der Waals surface area contributed by atoms with E-state index in [4.69, 9.17) is 75.3 Å². The van der Waals surface area contributed by atoms with Crippen LogP contribution in [-0.2, 0) is 0 Å². The molecule has 0 amide bonds. The zero-order chi connectivity index (χ0) is 18.3. The van der Waals surface area contributed by atoms with E-state index in [1.165, 1.54) is 0 Å². The first kappa shape index (κ1) is 18.9. The maximum Gasteiger partial charge on any atom is 0.124 e. The smallest absolute Gasteiger partial charge is 0.124 e. The SMILES string of the molecule is Nc1ccc(-c2c(Cl)ccc(Cl)c2Cl)c(-c2c(Cl)ccc(Cl)c2Cl)n1. The Bertz CT molecular complexity index is 987. The summed E-state index contributed by atoms with van der Waals surface area (Å²) in [4.78, 5) is 4.38. The van der Waals surface area contributed by atoms with E-state index in [0.29, 0.717) is 42.5 Å². The number of benzene rings is 2. The average molecular weight is 453 g/mol. The molecule has 0 atom stereocenters. The van der Waals surface area contributed by atoms with E-state index in [0.717, 1.165) is 0 Å². The van der Waals surface area contributed by atoms with Gasteiger partial charge in [-0.3, -0.25) is 0 Å². The molecule has 1 aromatic heterocycles. The van der Waals surface area contributed by atoms with Gasteiger partial charge in [0.15, 0.2) is 0 Å². The molecule has 0 unspecified atom stereocenters. The fourth-order valence-corrected chi connectivity index (χ4v) is 3.82. The lowest BCUT2D eigenvalue weighted by atomic mass is 9.99. The van der Waals surface area contributed by atoms with Crippen LogP contribution >= 0.6 is 69.6 Å². The van der Waals surface area contributed by atoms with E-state index in [9.17, 15) is 0 Å². The van der Waals surface area contributed by atoms with Crippen molar-refractivity contribution in [3.8, 4) is 22.4 Å². The van der Waals surface area contributed by atoms with E-state index in [1.807, 2.05) is 0 Å². The standard InChI is InChI=1S/C17H8Cl6N2/c18-8-2-4-10(20)15(22)13(8)7-1-6-12(24)25-17(7)14-9(19)3-5-11(21)16(14)23/h1-6H,(H2,24,25). The van der Waals surface area contributed by atoms with Crippen LogP contribution in [0.3, 0.4) is 0 Å². The third kappa shape index (κ3) is 3.52. The van der Waals surface area contributed by atoms with Crippen molar-refractivity contribution in [1.29, 1.82) is 0 Å². The number of halogens is 6. The third-order valence-corrected chi connectivity index (χ3v) is 5.75. The summed E-state index contributed by atoms with van der Waals surface area (Å²) in [7, 11) is 0. The van der Waals surface area contributed by atoms with Gasteiger partial charge in [0.05, 0.1) is 35.8 Å². The van der Waals surface area contributed by atoms with Gasteiger partial charge in [0.1, 0.15) is 5.82 Å². The van der Waals surface area contributed by atoms with Crippen LogP contribution < -0.4 is 5.73 Å². The molecule has 2 N–H and O–H groups in total. The molecule has 0 aliphatic rings. The molecule has 25 heavy (non-hydrogen) atoms. The van der Waals surface area contributed by atoms with Crippen molar-refractivity contribution in [3.05, 3.63) is 66.5 Å². The molecule has 0 aliphatic heterocycles. The topological polar surface area (TPSA) is 38.9 Å². The first-order valence-corrected chi connectivity index (χ1v) is 9.12. The van der Waals surface area contributed by atoms with E-state index >= 15 is 0 Å². The molecule has 3 aromatic rings. The van der Waals surface area contributed by atoms with Crippen molar-refractivity contribution in [1.82, 2.24) is 4.98 Å². The second kappa shape index (κ2) is 7.40. The highest BCUT2D eigenvalue weighted by molar-refractivity contribution is 6.47. The summed E-state index contributed by atoms with van der Waals surface area (Å²) in [5.74, 6) is 0.278. The Labute approximate surface area is 174 Å². The van der Waals surface area contributed by atoms with Crippen molar-refractivity contribution in [2.75, 3.05) is 5.73 Å². The fourth-order valence-electron chi connectivity index (χ4n) is 2.38. The second-order valence-electron chi connectivity index (χ2n) is 5.07. The molecule has 0 bridgehead atoms. The van der Waals surface area contributed by atoms with Crippen LogP contribution in [-0.4, -0.2) is 4.98 Å². The van der Waals surface area contributed by atoms with Gasteiger partial charge in [-0.05, 0) is 36.4 Å². The molecule has 0 saturated carbocycles. The summed E-state index contributed by atoms with van der Waals surface area (Å²) in [6.07, 6.45) is 0. The molecule has 8 heteroatoms. The lowest BCUT2D eigenvalue weighted by Crippen LogP contribution is -1.97. The Balaban J connectivity index is 2.41. The number of aromatic nitrogens is 1. The van der Waals surface area contributed by atoms with Gasteiger partial charge in [-0.15, -0.1) is 0 Å². The molecule has 0 fully saturated rings. The maximum atomic E-state index is 6.38. The van der Waals surface area contributed by atoms with Gasteiger partial charge in [-0.25, -0.2) is 4.98 Å². The van der Waals surface area contributed by atoms with Crippen molar-refractivity contribution in [2.24, 2.45) is 0 Å². The first-order valence-electron chi connectivity index (χ1n) is 6.85. The van der Waals surface area contributed by atoms with Crippen LogP contribution in [0.2, 0.25) is 30.1 Å². The monoisotopic (exact) mass is 450 g/mol. The normalized spacial score (nSPS) is 11.0. The number of hydrogen-bond donors (Lipinski definition) is 1. The van der Waals surface area contributed by atoms with Crippen LogP contribution in [0.25, 0.3) is 22.4 Å². The van der Waals surface area contributed by atoms with E-state index in [2.05, 4.69) is 4.98 Å². The number of pyridine rings is 1. The summed E-state index contributed by atoms with van der Waals surface area (Å²) in [6.45, 7) is 0. The molecule has 1 heterocycles. The van der Waals surface area contributed by atoms with E-state index < -0.39 is 0 Å². The molecule has 0 spiro atoms. The number of hydrogen-bond acceptors (Lipinski definition) is 2. The zero-order valence-electron chi connectivity index (χ0n) is 12.3. The molecular weight excluding hydrogens is 445 g/mol. The van der Waals surface area contributed by atoms with Gasteiger partial charge in [0, 0.05) is 16.7 Å². The summed E-state index contributed by atoms with van der Waals surface area (Å²) in [6, 6.07) is 9.83. The zero-order valence-corrected chi connectivity index (χ0v) is 16.8. The van der Waals surface area contributed by atoms with Gasteiger partial charge < -0.3 is 5.73 Å². The van der Waals surface area contributed by atoms with Crippen LogP contribution in [0.15, 0.2) is 36.4 Å². The van der Waals surface area contributed by atoms with Crippen molar-refractivity contribution < 1.29 is 0 Å². The molecule has 2 aromatic carbocycles. The Morgan fingerprint density at radius 1 is 0.600 bits per heavy atom. The van der Waals surface area contributed by atoms with E-state index in [1.54, 1.807) is 36.4 Å². The molecule has 2 nitrogen and oxygen atoms in total. The second-order valence-corrected chi connectivity index (χ2v) is 7.45. The number of anilines is 1. The third-order valence-electron chi connectivity index (χ3n) is 3.51. The van der Waals surface area contributed by atoms with Crippen molar-refractivity contribution in [2.45, 2.75) is 0 Å². The predicted molar refractivity (Wildman–Crippen MR) is 110 cm³/mol. The molecule has 0 radical (unpaired) electrons. The molecule has 0 saturated heterocycles. The Kier molecular flexibility index (Phi) is 5.60. The van der Waals surface area contributed by atoms with Gasteiger partial charge in [-0.2, -0.15) is 0 Å². The highest BCUT2D eigenvalue weighted by Gasteiger charge is 2.21. The van der Waals surface area contributed by atoms with Crippen LogP contribution in [0.5, 0.6) is 0 Å². The Hall–Kier alpha value is -0.870. The molecular formula is C17H8Cl6N2. The van der Waals surface area contributed by atoms with Crippen LogP contribution in [0.1, 0.15) is 0 Å². The number of nitrogen functional groups attached to an aromatic ring is 1. The van der Waals surface area contributed by atoms with Gasteiger partial charge in [0.25, 0.3) is 0 Å². The average Bonchev–Trinajstić information content (AvgIpc) is 2.57. The minimum absolute atomic E-state index is 0.253. The minimum atomic E-state index is 0.253. The number of nitrogens with zero attached hydrogens (tertiary/aromatic N) is 1. The number of rotatable bonds is 2. The Morgan fingerprint density at radius 2 is 1.08 bits per heavy atom. The van der Waals surface area contributed by atoms with E-state index in [-0.39, 0.29) is 15.9 Å². The van der Waals surface area contributed by atoms with Crippen molar-refractivity contribution in [3.63, 3.8) is 0 Å². The highest BCUT2D eigenvalue weighted by atomic mass is 35.5. The van der Waals surface area contributed by atoms with Crippen LogP contribution in [0, 0.1) is 0 Å². The fraction of sp³-hybridized carbons (Fsp3) is 0. The maximum absolute atomic E-state index is 6.38. The number of nitrogens with two attached hydrogens (primary N) is 1. The van der Waals surface area contributed by atoms with Gasteiger partial charge >= 0.3 is 0 Å². The molecule has 3 rings (SSSR count). The lowest BCUT2D eigenvalue weighted by Gasteiger charge is -2.16. The summed E-state index contributed by atoms with van der Waals surface area (Å²) < 4.78 is 0. The van der Waals surface area contributed by atoms with Gasteiger partial charge in [-0.1, -0.05) is 69.6 Å². The molecule has 128 valence electrons. The first-order chi connectivity index (χ1) is 11.8. The van der Waals surface area contributed by atoms with Gasteiger partial charge in [0.2, 0.25) is 0 Å². The quantitative estimate of drug-likeness (QED) is 0.401. The minimum Gasteiger partial charge on any atom is -0.384 e. The highest BCUT2D eigenvalue weighted by Crippen LogP contribution is 2.46. The summed E-state index contributed by atoms with van der Waals surface area (Å²) >= 11 is 37.7. The van der Waals surface area contributed by atoms with Crippen molar-refractivity contribution >= 4 is 75.4 Å². The lowest BCUT2D eigenvalue weighted by molar-refractivity contribution is 1.33.